The molecule has 0 heterocycles. The molecule has 0 saturated heterocycles. The molecule has 3 nitrogen and oxygen atoms in total. The van der Waals surface area contributed by atoms with E-state index in [-0.39, 0.29) is 0 Å². The van der Waals surface area contributed by atoms with E-state index < -0.39 is 6.64 Å². The number of nitrogens with one attached hydrogen (secondary N) is 1. The molecule has 0 aliphatic carbocycles. The van der Waals surface area contributed by atoms with Crippen molar-refractivity contribution >= 4 is 18.4 Å². The van der Waals surface area contributed by atoms with Gasteiger partial charge in [-0.1, -0.05) is 6.92 Å². The summed E-state index contributed by atoms with van der Waals surface area (Å²) in [5.41, 5.74) is 0. The van der Waals surface area contributed by atoms with Gasteiger partial charge in [-0.15, -0.1) is 0 Å². The van der Waals surface area contributed by atoms with Crippen LogP contribution in [0.15, 0.2) is 0 Å². The zero-order chi connectivity index (χ0) is 8.04. The Morgan fingerprint density at radius 1 is 1.40 bits per heavy atom. The summed E-state index contributed by atoms with van der Waals surface area (Å²) < 4.78 is 9.96. The number of hydrogen-bond donors (Lipinski definition) is 1. The molecule has 62 valence electrons. The first-order chi connectivity index (χ1) is 4.68. The Labute approximate surface area is 67.3 Å². The van der Waals surface area contributed by atoms with Crippen molar-refractivity contribution in [1.82, 2.24) is 5.09 Å². The molecule has 0 bridgehead atoms. The largest absolute Gasteiger partial charge is 0.321 e. The normalized spacial score (nSPS) is 11.9. The molecule has 0 atom stereocenters. The fourth-order valence-electron chi connectivity index (χ4n) is 0.452. The summed E-state index contributed by atoms with van der Waals surface area (Å²) in [5, 5.41) is 3.03. The third kappa shape index (κ3) is 3.64. The van der Waals surface area contributed by atoms with Gasteiger partial charge < -0.3 is 9.05 Å². The van der Waals surface area contributed by atoms with Gasteiger partial charge in [-0.2, -0.15) is 0 Å². The molecule has 0 aliphatic heterocycles. The van der Waals surface area contributed by atoms with E-state index in [2.05, 4.69) is 12.0 Å². The molecule has 0 fully saturated rings. The second kappa shape index (κ2) is 5.22. The maximum atomic E-state index is 5.03. The minimum absolute atomic E-state index is 0.846. The Balaban J connectivity index is 3.70. The topological polar surface area (TPSA) is 30.5 Å². The van der Waals surface area contributed by atoms with E-state index in [0.717, 1.165) is 13.0 Å². The van der Waals surface area contributed by atoms with E-state index in [4.69, 9.17) is 20.9 Å². The maximum Gasteiger partial charge on any atom is 0.260 e. The van der Waals surface area contributed by atoms with Gasteiger partial charge in [-0.05, 0) is 18.2 Å². The Kier molecular flexibility index (Phi) is 5.49. The van der Waals surface area contributed by atoms with Crippen LogP contribution in [-0.2, 0) is 20.9 Å². The van der Waals surface area contributed by atoms with Crippen molar-refractivity contribution in [2.24, 2.45) is 0 Å². The predicted octanol–water partition coefficient (Wildman–Crippen LogP) is 1.50. The van der Waals surface area contributed by atoms with Gasteiger partial charge in [0.2, 0.25) is 0 Å². The molecule has 0 saturated carbocycles. The van der Waals surface area contributed by atoms with Crippen LogP contribution in [0.1, 0.15) is 13.3 Å². The highest BCUT2D eigenvalue weighted by atomic mass is 32.5. The van der Waals surface area contributed by atoms with Crippen LogP contribution < -0.4 is 5.09 Å². The van der Waals surface area contributed by atoms with Crippen LogP contribution in [0.25, 0.3) is 0 Å². The predicted molar refractivity (Wildman–Crippen MR) is 46.6 cm³/mol. The van der Waals surface area contributed by atoms with Crippen LogP contribution in [0.3, 0.4) is 0 Å². The van der Waals surface area contributed by atoms with Crippen molar-refractivity contribution in [3.63, 3.8) is 0 Å². The third-order valence-electron chi connectivity index (χ3n) is 1.04. The molecule has 0 aromatic rings. The minimum Gasteiger partial charge on any atom is -0.321 e. The Hall–Kier alpha value is 0.530. The highest BCUT2D eigenvalue weighted by Gasteiger charge is 2.11. The van der Waals surface area contributed by atoms with Gasteiger partial charge in [0.1, 0.15) is 0 Å². The van der Waals surface area contributed by atoms with E-state index in [1.165, 1.54) is 0 Å². The van der Waals surface area contributed by atoms with Gasteiger partial charge in [0.25, 0.3) is 6.64 Å². The highest BCUT2D eigenvalue weighted by molar-refractivity contribution is 8.08. The molecule has 0 aromatic carbocycles. The van der Waals surface area contributed by atoms with Crippen LogP contribution in [0.2, 0.25) is 0 Å². The van der Waals surface area contributed by atoms with E-state index in [9.17, 15) is 0 Å². The van der Waals surface area contributed by atoms with Crippen molar-refractivity contribution in [3.05, 3.63) is 0 Å². The molecule has 10 heavy (non-hydrogen) atoms. The van der Waals surface area contributed by atoms with E-state index in [0.29, 0.717) is 0 Å². The molecule has 1 N–H and O–H groups in total. The van der Waals surface area contributed by atoms with Gasteiger partial charge in [0, 0.05) is 20.8 Å². The minimum atomic E-state index is -2.11. The maximum absolute atomic E-state index is 5.03. The third-order valence-corrected chi connectivity index (χ3v) is 3.89. The zero-order valence-electron chi connectivity index (χ0n) is 6.59. The highest BCUT2D eigenvalue weighted by Crippen LogP contribution is 2.41. The Morgan fingerprint density at radius 2 is 1.90 bits per heavy atom. The first-order valence-corrected chi connectivity index (χ1v) is 5.79. The van der Waals surface area contributed by atoms with Crippen LogP contribution in [0.5, 0.6) is 0 Å². The smallest absolute Gasteiger partial charge is 0.260 e. The average molecular weight is 183 g/mol. The van der Waals surface area contributed by atoms with Crippen molar-refractivity contribution in [1.29, 1.82) is 0 Å². The SMILES string of the molecule is CCCNP(=S)(OC)OC. The summed E-state index contributed by atoms with van der Waals surface area (Å²) in [5.74, 6) is 0. The Bertz CT molecular complexity index is 123. The first kappa shape index (κ1) is 10.5. The summed E-state index contributed by atoms with van der Waals surface area (Å²) in [4.78, 5) is 0. The lowest BCUT2D eigenvalue weighted by atomic mass is 10.5. The molecular weight excluding hydrogens is 169 g/mol. The zero-order valence-corrected chi connectivity index (χ0v) is 8.30. The van der Waals surface area contributed by atoms with Crippen LogP contribution in [0.4, 0.5) is 0 Å². The first-order valence-electron chi connectivity index (χ1n) is 3.15. The average Bonchev–Trinajstić information content (AvgIpc) is 2.00. The monoisotopic (exact) mass is 183 g/mol. The number of hydrogen-bond acceptors (Lipinski definition) is 3. The van der Waals surface area contributed by atoms with E-state index in [1.807, 2.05) is 0 Å². The van der Waals surface area contributed by atoms with Gasteiger partial charge >= 0.3 is 0 Å². The molecule has 5 heteroatoms. The summed E-state index contributed by atoms with van der Waals surface area (Å²) >= 11 is 5.03. The fraction of sp³-hybridized carbons (Fsp3) is 1.00. The lowest BCUT2D eigenvalue weighted by molar-refractivity contribution is 0.326. The Morgan fingerprint density at radius 3 is 2.20 bits per heavy atom. The summed E-state index contributed by atoms with van der Waals surface area (Å²) in [7, 11) is 3.12. The summed E-state index contributed by atoms with van der Waals surface area (Å²) in [6, 6.07) is 0. The molecule has 0 aliphatic rings. The van der Waals surface area contributed by atoms with Crippen molar-refractivity contribution in [3.8, 4) is 0 Å². The molecule has 0 amide bonds. The fourth-order valence-corrected chi connectivity index (χ4v) is 1.63. The van der Waals surface area contributed by atoms with Gasteiger partial charge in [-0.3, -0.25) is 0 Å². The molecule has 0 radical (unpaired) electrons. The van der Waals surface area contributed by atoms with Gasteiger partial charge in [0.15, 0.2) is 0 Å². The van der Waals surface area contributed by atoms with Gasteiger partial charge in [-0.25, -0.2) is 5.09 Å². The second-order valence-electron chi connectivity index (χ2n) is 1.77. The summed E-state index contributed by atoms with van der Waals surface area (Å²) in [6.45, 7) is 0.799. The second-order valence-corrected chi connectivity index (χ2v) is 5.25. The van der Waals surface area contributed by atoms with Crippen molar-refractivity contribution in [2.45, 2.75) is 13.3 Å². The molecule has 0 aromatic heterocycles. The van der Waals surface area contributed by atoms with Crippen LogP contribution >= 0.6 is 6.64 Å². The van der Waals surface area contributed by atoms with Crippen molar-refractivity contribution in [2.75, 3.05) is 20.8 Å². The van der Waals surface area contributed by atoms with Crippen LogP contribution in [-0.4, -0.2) is 20.8 Å². The van der Waals surface area contributed by atoms with E-state index >= 15 is 0 Å². The quantitative estimate of drug-likeness (QED) is 0.654. The van der Waals surface area contributed by atoms with E-state index in [1.54, 1.807) is 14.2 Å². The standard InChI is InChI=1S/C5H14NO2PS/c1-4-5-6-9(10,7-2)8-3/h4-5H2,1-3H3,(H,6,10). The summed E-state index contributed by atoms with van der Waals surface area (Å²) in [6.07, 6.45) is 1.03. The molecule has 0 spiro atoms. The molecular formula is C5H14NO2PS. The molecule has 0 unspecified atom stereocenters. The van der Waals surface area contributed by atoms with Crippen molar-refractivity contribution < 1.29 is 9.05 Å². The lowest BCUT2D eigenvalue weighted by Gasteiger charge is -2.17. The van der Waals surface area contributed by atoms with Gasteiger partial charge in [0.05, 0.1) is 0 Å². The van der Waals surface area contributed by atoms with Crippen LogP contribution in [0, 0.1) is 0 Å². The molecule has 0 rings (SSSR count). The number of rotatable bonds is 5. The lowest BCUT2D eigenvalue weighted by Crippen LogP contribution is -2.12.